The molecule has 0 bridgehead atoms. The third-order valence-corrected chi connectivity index (χ3v) is 3.76. The lowest BCUT2D eigenvalue weighted by atomic mass is 10.0. The van der Waals surface area contributed by atoms with Gasteiger partial charge in [-0.3, -0.25) is 0 Å². The molecule has 2 nitrogen and oxygen atoms in total. The summed E-state index contributed by atoms with van der Waals surface area (Å²) < 4.78 is 0. The van der Waals surface area contributed by atoms with Crippen LogP contribution in [0.2, 0.25) is 5.02 Å². The van der Waals surface area contributed by atoms with Gasteiger partial charge in [0.05, 0.1) is 0 Å². The summed E-state index contributed by atoms with van der Waals surface area (Å²) in [5.41, 5.74) is 2.39. The zero-order chi connectivity index (χ0) is 13.0. The largest absolute Gasteiger partial charge is 0.371 e. The lowest BCUT2D eigenvalue weighted by Gasteiger charge is -2.32. The molecule has 0 aliphatic carbocycles. The zero-order valence-electron chi connectivity index (χ0n) is 11.4. The van der Waals surface area contributed by atoms with Crippen LogP contribution in [0.1, 0.15) is 26.3 Å². The van der Waals surface area contributed by atoms with Crippen molar-refractivity contribution in [1.82, 2.24) is 5.32 Å². The number of halogens is 1. The van der Waals surface area contributed by atoms with Gasteiger partial charge in [-0.2, -0.15) is 0 Å². The van der Waals surface area contributed by atoms with Crippen molar-refractivity contribution >= 4 is 17.3 Å². The van der Waals surface area contributed by atoms with Crippen molar-refractivity contribution < 1.29 is 0 Å². The fraction of sp³-hybridized carbons (Fsp3) is 0.571. The summed E-state index contributed by atoms with van der Waals surface area (Å²) >= 11 is 6.27. The molecule has 0 aliphatic rings. The first-order valence-corrected chi connectivity index (χ1v) is 6.51. The minimum Gasteiger partial charge on any atom is -0.371 e. The van der Waals surface area contributed by atoms with E-state index >= 15 is 0 Å². The van der Waals surface area contributed by atoms with Crippen LogP contribution >= 0.6 is 11.6 Å². The van der Waals surface area contributed by atoms with E-state index in [1.165, 1.54) is 11.3 Å². The van der Waals surface area contributed by atoms with Gasteiger partial charge in [-0.1, -0.05) is 31.5 Å². The fourth-order valence-electron chi connectivity index (χ4n) is 1.90. The SMILES string of the molecule is CNCc1c(Cl)cccc1N(C)C(C)C(C)C. The van der Waals surface area contributed by atoms with Crippen molar-refractivity contribution in [1.29, 1.82) is 0 Å². The molecule has 0 heterocycles. The summed E-state index contributed by atoms with van der Waals surface area (Å²) in [5, 5.41) is 4.01. The van der Waals surface area contributed by atoms with Crippen molar-refractivity contribution in [2.75, 3.05) is 19.0 Å². The summed E-state index contributed by atoms with van der Waals surface area (Å²) in [5.74, 6) is 0.612. The van der Waals surface area contributed by atoms with Gasteiger partial charge in [0, 0.05) is 35.9 Å². The smallest absolute Gasteiger partial charge is 0.0471 e. The Kier molecular flexibility index (Phi) is 5.29. The van der Waals surface area contributed by atoms with Crippen molar-refractivity contribution in [3.8, 4) is 0 Å². The van der Waals surface area contributed by atoms with Crippen LogP contribution in [0.25, 0.3) is 0 Å². The molecule has 0 aliphatic heterocycles. The van der Waals surface area contributed by atoms with Gasteiger partial charge in [0.15, 0.2) is 0 Å². The van der Waals surface area contributed by atoms with Gasteiger partial charge in [-0.25, -0.2) is 0 Å². The highest BCUT2D eigenvalue weighted by Gasteiger charge is 2.17. The minimum absolute atomic E-state index is 0.490. The maximum Gasteiger partial charge on any atom is 0.0471 e. The molecule has 0 spiro atoms. The van der Waals surface area contributed by atoms with Crippen LogP contribution < -0.4 is 10.2 Å². The molecule has 0 saturated heterocycles. The number of nitrogens with one attached hydrogen (secondary N) is 1. The second-order valence-electron chi connectivity index (χ2n) is 4.86. The summed E-state index contributed by atoms with van der Waals surface area (Å²) in [6, 6.07) is 6.59. The van der Waals surface area contributed by atoms with Gasteiger partial charge in [-0.05, 0) is 32.0 Å². The second kappa shape index (κ2) is 6.27. The molecule has 1 N–H and O–H groups in total. The van der Waals surface area contributed by atoms with E-state index in [9.17, 15) is 0 Å². The first-order valence-electron chi connectivity index (χ1n) is 6.13. The van der Waals surface area contributed by atoms with Gasteiger partial charge in [0.1, 0.15) is 0 Å². The lowest BCUT2D eigenvalue weighted by Crippen LogP contribution is -2.34. The second-order valence-corrected chi connectivity index (χ2v) is 5.27. The first kappa shape index (κ1) is 14.3. The molecule has 0 aromatic heterocycles. The maximum absolute atomic E-state index is 6.27. The number of hydrogen-bond acceptors (Lipinski definition) is 2. The van der Waals surface area contributed by atoms with Crippen molar-refractivity contribution in [2.24, 2.45) is 5.92 Å². The Balaban J connectivity index is 3.07. The molecular weight excluding hydrogens is 232 g/mol. The van der Waals surface area contributed by atoms with Crippen molar-refractivity contribution in [2.45, 2.75) is 33.4 Å². The quantitative estimate of drug-likeness (QED) is 0.865. The van der Waals surface area contributed by atoms with Gasteiger partial charge in [0.2, 0.25) is 0 Å². The summed E-state index contributed by atoms with van der Waals surface area (Å²) in [6.45, 7) is 7.52. The highest BCUT2D eigenvalue weighted by atomic mass is 35.5. The molecule has 1 unspecified atom stereocenters. The predicted molar refractivity (Wildman–Crippen MR) is 76.9 cm³/mol. The third-order valence-electron chi connectivity index (χ3n) is 3.40. The number of rotatable bonds is 5. The fourth-order valence-corrected chi connectivity index (χ4v) is 2.13. The molecule has 0 fully saturated rings. The zero-order valence-corrected chi connectivity index (χ0v) is 12.2. The number of anilines is 1. The molecule has 0 amide bonds. The van der Waals surface area contributed by atoms with E-state index in [0.717, 1.165) is 11.6 Å². The van der Waals surface area contributed by atoms with Gasteiger partial charge < -0.3 is 10.2 Å². The average Bonchev–Trinajstić information content (AvgIpc) is 2.30. The third kappa shape index (κ3) is 3.36. The average molecular weight is 255 g/mol. The van der Waals surface area contributed by atoms with Gasteiger partial charge in [-0.15, -0.1) is 0 Å². The predicted octanol–water partition coefficient (Wildman–Crippen LogP) is 3.54. The van der Waals surface area contributed by atoms with Crippen molar-refractivity contribution in [3.63, 3.8) is 0 Å². The number of benzene rings is 1. The normalized spacial score (nSPS) is 12.9. The molecule has 1 aromatic carbocycles. The van der Waals surface area contributed by atoms with Crippen LogP contribution in [0.15, 0.2) is 18.2 Å². The van der Waals surface area contributed by atoms with E-state index in [0.29, 0.717) is 12.0 Å². The van der Waals surface area contributed by atoms with E-state index in [-0.39, 0.29) is 0 Å². The lowest BCUT2D eigenvalue weighted by molar-refractivity contribution is 0.504. The Morgan fingerprint density at radius 1 is 1.29 bits per heavy atom. The highest BCUT2D eigenvalue weighted by Crippen LogP contribution is 2.29. The Bertz CT molecular complexity index is 363. The molecule has 3 heteroatoms. The Hall–Kier alpha value is -0.730. The Morgan fingerprint density at radius 3 is 2.47 bits per heavy atom. The van der Waals surface area contributed by atoms with Crippen molar-refractivity contribution in [3.05, 3.63) is 28.8 Å². The van der Waals surface area contributed by atoms with E-state index in [4.69, 9.17) is 11.6 Å². The standard InChI is InChI=1S/C14H23ClN2/c1-10(2)11(3)17(5)14-8-6-7-13(15)12(14)9-16-4/h6-8,10-11,16H,9H2,1-5H3. The van der Waals surface area contributed by atoms with E-state index in [1.807, 2.05) is 19.2 Å². The number of nitrogens with zero attached hydrogens (tertiary/aromatic N) is 1. The molecule has 1 atom stereocenters. The highest BCUT2D eigenvalue weighted by molar-refractivity contribution is 6.31. The summed E-state index contributed by atoms with van der Waals surface area (Å²) in [4.78, 5) is 2.31. The number of hydrogen-bond donors (Lipinski definition) is 1. The first-order chi connectivity index (χ1) is 7.99. The summed E-state index contributed by atoms with van der Waals surface area (Å²) in [6.07, 6.45) is 0. The van der Waals surface area contributed by atoms with Gasteiger partial charge >= 0.3 is 0 Å². The molecule has 96 valence electrons. The molecule has 0 saturated carbocycles. The van der Waals surface area contributed by atoms with Crippen LogP contribution in [0, 0.1) is 5.92 Å². The molecule has 1 rings (SSSR count). The van der Waals surface area contributed by atoms with Crippen LogP contribution in [0.3, 0.4) is 0 Å². The topological polar surface area (TPSA) is 15.3 Å². The molecule has 0 radical (unpaired) electrons. The monoisotopic (exact) mass is 254 g/mol. The molecular formula is C14H23ClN2. The maximum atomic E-state index is 6.27. The van der Waals surface area contributed by atoms with E-state index in [1.54, 1.807) is 0 Å². The van der Waals surface area contributed by atoms with Crippen LogP contribution in [-0.2, 0) is 6.54 Å². The van der Waals surface area contributed by atoms with Crippen LogP contribution in [0.5, 0.6) is 0 Å². The van der Waals surface area contributed by atoms with Gasteiger partial charge in [0.25, 0.3) is 0 Å². The molecule has 1 aromatic rings. The summed E-state index contributed by atoms with van der Waals surface area (Å²) in [7, 11) is 4.08. The Labute approximate surface area is 110 Å². The molecule has 17 heavy (non-hydrogen) atoms. The van der Waals surface area contributed by atoms with E-state index in [2.05, 4.69) is 44.1 Å². The van der Waals surface area contributed by atoms with Crippen LogP contribution in [-0.4, -0.2) is 20.1 Å². The minimum atomic E-state index is 0.490. The van der Waals surface area contributed by atoms with Crippen LogP contribution in [0.4, 0.5) is 5.69 Å². The Morgan fingerprint density at radius 2 is 1.94 bits per heavy atom. The van der Waals surface area contributed by atoms with E-state index < -0.39 is 0 Å².